The Morgan fingerprint density at radius 2 is 2.00 bits per heavy atom. The minimum atomic E-state index is 0.619. The Morgan fingerprint density at radius 1 is 1.14 bits per heavy atom. The van der Waals surface area contributed by atoms with Gasteiger partial charge < -0.3 is 4.98 Å². The lowest BCUT2D eigenvalue weighted by molar-refractivity contribution is 0.205. The van der Waals surface area contributed by atoms with Gasteiger partial charge in [-0.05, 0) is 61.2 Å². The van der Waals surface area contributed by atoms with Gasteiger partial charge in [0.2, 0.25) is 0 Å². The average molecular weight is 292 g/mol. The van der Waals surface area contributed by atoms with E-state index in [0.29, 0.717) is 5.92 Å². The van der Waals surface area contributed by atoms with Crippen LogP contribution in [0.25, 0.3) is 11.0 Å². The van der Waals surface area contributed by atoms with Crippen LogP contribution in [0.3, 0.4) is 0 Å². The number of aromatic nitrogens is 3. The van der Waals surface area contributed by atoms with Crippen LogP contribution in [-0.4, -0.2) is 32.9 Å². The van der Waals surface area contributed by atoms with Crippen molar-refractivity contribution in [1.29, 1.82) is 0 Å². The zero-order valence-corrected chi connectivity index (χ0v) is 12.6. The fourth-order valence-electron chi connectivity index (χ4n) is 3.44. The Kier molecular flexibility index (Phi) is 3.60. The van der Waals surface area contributed by atoms with E-state index in [1.54, 1.807) is 0 Å². The topological polar surface area (TPSA) is 44.8 Å². The normalized spacial score (nSPS) is 17.1. The number of nitrogens with one attached hydrogen (secondary N) is 1. The molecule has 0 aromatic carbocycles. The van der Waals surface area contributed by atoms with Gasteiger partial charge >= 0.3 is 0 Å². The molecule has 0 amide bonds. The average Bonchev–Trinajstić information content (AvgIpc) is 3.01. The van der Waals surface area contributed by atoms with Crippen LogP contribution >= 0.6 is 0 Å². The maximum atomic E-state index is 4.55. The van der Waals surface area contributed by atoms with Gasteiger partial charge in [-0.1, -0.05) is 6.07 Å². The van der Waals surface area contributed by atoms with Gasteiger partial charge in [-0.15, -0.1) is 0 Å². The Labute approximate surface area is 130 Å². The predicted octanol–water partition coefficient (Wildman–Crippen LogP) is 3.34. The van der Waals surface area contributed by atoms with Crippen LogP contribution in [0.5, 0.6) is 0 Å². The van der Waals surface area contributed by atoms with Crippen LogP contribution in [-0.2, 0) is 6.54 Å². The highest BCUT2D eigenvalue weighted by atomic mass is 15.1. The molecule has 3 aromatic heterocycles. The molecule has 4 heterocycles. The molecule has 1 saturated heterocycles. The number of likely N-dealkylation sites (tertiary alicyclic amines) is 1. The minimum absolute atomic E-state index is 0.619. The van der Waals surface area contributed by atoms with Crippen molar-refractivity contribution in [3.8, 4) is 0 Å². The highest BCUT2D eigenvalue weighted by molar-refractivity contribution is 5.79. The summed E-state index contributed by atoms with van der Waals surface area (Å²) in [7, 11) is 0. The van der Waals surface area contributed by atoms with E-state index in [1.807, 2.05) is 30.7 Å². The van der Waals surface area contributed by atoms with E-state index < -0.39 is 0 Å². The van der Waals surface area contributed by atoms with Crippen LogP contribution in [0.4, 0.5) is 0 Å². The first-order valence-corrected chi connectivity index (χ1v) is 7.93. The van der Waals surface area contributed by atoms with Gasteiger partial charge in [0.15, 0.2) is 0 Å². The van der Waals surface area contributed by atoms with E-state index in [0.717, 1.165) is 30.7 Å². The van der Waals surface area contributed by atoms with E-state index in [2.05, 4.69) is 38.2 Å². The lowest BCUT2D eigenvalue weighted by Crippen LogP contribution is -2.32. The zero-order valence-electron chi connectivity index (χ0n) is 12.6. The summed E-state index contributed by atoms with van der Waals surface area (Å²) in [6, 6.07) is 8.25. The van der Waals surface area contributed by atoms with Crippen molar-refractivity contribution in [3.63, 3.8) is 0 Å². The highest BCUT2D eigenvalue weighted by Crippen LogP contribution is 2.32. The van der Waals surface area contributed by atoms with Gasteiger partial charge in [-0.25, -0.2) is 0 Å². The Balaban J connectivity index is 1.43. The Hall–Kier alpha value is -2.20. The number of pyridine rings is 2. The van der Waals surface area contributed by atoms with E-state index in [4.69, 9.17) is 0 Å². The quantitative estimate of drug-likeness (QED) is 0.805. The van der Waals surface area contributed by atoms with Gasteiger partial charge in [0, 0.05) is 31.3 Å². The fraction of sp³-hybridized carbons (Fsp3) is 0.333. The first kappa shape index (κ1) is 13.5. The molecule has 3 aromatic rings. The van der Waals surface area contributed by atoms with Crippen LogP contribution < -0.4 is 0 Å². The lowest BCUT2D eigenvalue weighted by atomic mass is 9.90. The molecule has 4 heteroatoms. The number of nitrogens with zero attached hydrogens (tertiary/aromatic N) is 3. The molecule has 1 fully saturated rings. The van der Waals surface area contributed by atoms with Crippen molar-refractivity contribution in [2.75, 3.05) is 13.1 Å². The Morgan fingerprint density at radius 3 is 2.82 bits per heavy atom. The van der Waals surface area contributed by atoms with Crippen molar-refractivity contribution < 1.29 is 0 Å². The number of hydrogen-bond donors (Lipinski definition) is 1. The number of hydrogen-bond acceptors (Lipinski definition) is 3. The molecule has 4 nitrogen and oxygen atoms in total. The maximum absolute atomic E-state index is 4.55. The van der Waals surface area contributed by atoms with Crippen molar-refractivity contribution in [1.82, 2.24) is 19.9 Å². The predicted molar refractivity (Wildman–Crippen MR) is 87.6 cm³/mol. The van der Waals surface area contributed by atoms with E-state index in [9.17, 15) is 0 Å². The summed E-state index contributed by atoms with van der Waals surface area (Å²) in [5, 5.41) is 0. The SMILES string of the molecule is c1cncc(CN2CCC(c3c[nH]c4cccnc34)CC2)c1. The molecular weight excluding hydrogens is 272 g/mol. The molecule has 112 valence electrons. The minimum Gasteiger partial charge on any atom is -0.360 e. The summed E-state index contributed by atoms with van der Waals surface area (Å²) < 4.78 is 0. The smallest absolute Gasteiger partial charge is 0.0913 e. The van der Waals surface area contributed by atoms with Crippen molar-refractivity contribution in [2.45, 2.75) is 25.3 Å². The van der Waals surface area contributed by atoms with Gasteiger partial charge in [-0.2, -0.15) is 0 Å². The van der Waals surface area contributed by atoms with Crippen LogP contribution in [0.1, 0.15) is 29.9 Å². The lowest BCUT2D eigenvalue weighted by Gasteiger charge is -2.31. The third-order valence-corrected chi connectivity index (χ3v) is 4.62. The zero-order chi connectivity index (χ0) is 14.8. The maximum Gasteiger partial charge on any atom is 0.0913 e. The molecule has 4 rings (SSSR count). The number of rotatable bonds is 3. The van der Waals surface area contributed by atoms with Crippen molar-refractivity contribution in [2.24, 2.45) is 0 Å². The molecule has 0 bridgehead atoms. The third kappa shape index (κ3) is 2.62. The van der Waals surface area contributed by atoms with Gasteiger partial charge in [0.05, 0.1) is 11.0 Å². The molecule has 1 aliphatic rings. The summed E-state index contributed by atoms with van der Waals surface area (Å²) in [6.45, 7) is 3.28. The molecule has 1 aliphatic heterocycles. The first-order valence-electron chi connectivity index (χ1n) is 7.93. The highest BCUT2D eigenvalue weighted by Gasteiger charge is 2.23. The summed E-state index contributed by atoms with van der Waals surface area (Å²) in [6.07, 6.45) is 10.2. The second-order valence-corrected chi connectivity index (χ2v) is 6.06. The van der Waals surface area contributed by atoms with Crippen LogP contribution in [0.2, 0.25) is 0 Å². The first-order chi connectivity index (χ1) is 10.9. The second-order valence-electron chi connectivity index (χ2n) is 6.06. The molecule has 0 unspecified atom stereocenters. The molecule has 0 radical (unpaired) electrons. The summed E-state index contributed by atoms with van der Waals surface area (Å²) in [4.78, 5) is 14.6. The summed E-state index contributed by atoms with van der Waals surface area (Å²) in [5.74, 6) is 0.619. The number of fused-ring (bicyclic) bond motifs is 1. The largest absolute Gasteiger partial charge is 0.360 e. The monoisotopic (exact) mass is 292 g/mol. The third-order valence-electron chi connectivity index (χ3n) is 4.62. The summed E-state index contributed by atoms with van der Waals surface area (Å²) in [5.41, 5.74) is 4.98. The van der Waals surface area contributed by atoms with E-state index in [-0.39, 0.29) is 0 Å². The van der Waals surface area contributed by atoms with Crippen LogP contribution in [0, 0.1) is 0 Å². The van der Waals surface area contributed by atoms with Crippen LogP contribution in [0.15, 0.2) is 49.1 Å². The molecule has 22 heavy (non-hydrogen) atoms. The molecule has 0 aliphatic carbocycles. The van der Waals surface area contributed by atoms with Gasteiger partial charge in [0.25, 0.3) is 0 Å². The van der Waals surface area contributed by atoms with E-state index in [1.165, 1.54) is 24.0 Å². The number of piperidine rings is 1. The molecule has 1 N–H and O–H groups in total. The van der Waals surface area contributed by atoms with Gasteiger partial charge in [-0.3, -0.25) is 14.9 Å². The Bertz CT molecular complexity index is 742. The second kappa shape index (κ2) is 5.89. The van der Waals surface area contributed by atoms with Gasteiger partial charge in [0.1, 0.15) is 0 Å². The number of aromatic amines is 1. The molecule has 0 saturated carbocycles. The van der Waals surface area contributed by atoms with E-state index >= 15 is 0 Å². The molecular formula is C18H20N4. The van der Waals surface area contributed by atoms with Crippen molar-refractivity contribution in [3.05, 3.63) is 60.2 Å². The molecule has 0 spiro atoms. The fourth-order valence-corrected chi connectivity index (χ4v) is 3.44. The number of H-pyrrole nitrogens is 1. The molecule has 0 atom stereocenters. The van der Waals surface area contributed by atoms with Crippen molar-refractivity contribution >= 4 is 11.0 Å². The summed E-state index contributed by atoms with van der Waals surface area (Å²) >= 11 is 0. The standard InChI is InChI=1S/C18H20N4/c1-3-14(11-19-7-1)13-22-9-5-15(6-10-22)16-12-21-17-4-2-8-20-18(16)17/h1-4,7-8,11-12,15,21H,5-6,9-10,13H2.